The maximum atomic E-state index is 12.2. The zero-order valence-corrected chi connectivity index (χ0v) is 14.3. The first-order chi connectivity index (χ1) is 11.4. The average Bonchev–Trinajstić information content (AvgIpc) is 2.59. The lowest BCUT2D eigenvalue weighted by atomic mass is 10.3. The zero-order chi connectivity index (χ0) is 17.6. The lowest BCUT2D eigenvalue weighted by Crippen LogP contribution is -2.38. The maximum Gasteiger partial charge on any atom is 0.312 e. The van der Waals surface area contributed by atoms with Crippen molar-refractivity contribution >= 4 is 15.7 Å². The molecule has 0 spiro atoms. The minimum atomic E-state index is -3.80. The summed E-state index contributed by atoms with van der Waals surface area (Å²) in [5.41, 5.74) is -0.381. The average molecular weight is 359 g/mol. The van der Waals surface area contributed by atoms with E-state index in [0.717, 1.165) is 25.7 Å². The largest absolute Gasteiger partial charge is 0.490 e. The molecule has 0 radical (unpaired) electrons. The Morgan fingerprint density at radius 2 is 2.08 bits per heavy atom. The van der Waals surface area contributed by atoms with Crippen molar-refractivity contribution in [3.63, 3.8) is 0 Å². The van der Waals surface area contributed by atoms with Gasteiger partial charge in [-0.15, -0.1) is 0 Å². The number of rotatable bonds is 8. The first-order valence-corrected chi connectivity index (χ1v) is 9.04. The standard InChI is InChI=1S/C14H21N3O6S/c1-22-14-4-3-12(11-13(14)17(18)19)24(20,21)15-5-2-6-16-7-9-23-10-8-16/h3-4,11,15H,2,5-10H2,1H3. The summed E-state index contributed by atoms with van der Waals surface area (Å²) in [6.45, 7) is 4.12. The number of nitro benzene ring substituents is 1. The van der Waals surface area contributed by atoms with Crippen molar-refractivity contribution < 1.29 is 22.8 Å². The molecular weight excluding hydrogens is 338 g/mol. The van der Waals surface area contributed by atoms with E-state index in [-0.39, 0.29) is 22.9 Å². The Morgan fingerprint density at radius 3 is 2.71 bits per heavy atom. The Hall–Kier alpha value is -1.75. The fraction of sp³-hybridized carbons (Fsp3) is 0.571. The molecule has 0 amide bonds. The molecule has 134 valence electrons. The van der Waals surface area contributed by atoms with Crippen LogP contribution in [0.5, 0.6) is 5.75 Å². The SMILES string of the molecule is COc1ccc(S(=O)(=O)NCCCN2CCOCC2)cc1[N+](=O)[O-]. The smallest absolute Gasteiger partial charge is 0.312 e. The number of hydrogen-bond donors (Lipinski definition) is 1. The van der Waals surface area contributed by atoms with Crippen LogP contribution < -0.4 is 9.46 Å². The van der Waals surface area contributed by atoms with Gasteiger partial charge in [0.05, 0.1) is 30.1 Å². The van der Waals surface area contributed by atoms with E-state index >= 15 is 0 Å². The number of benzene rings is 1. The van der Waals surface area contributed by atoms with Crippen molar-refractivity contribution in [2.45, 2.75) is 11.3 Å². The van der Waals surface area contributed by atoms with E-state index in [1.54, 1.807) is 0 Å². The van der Waals surface area contributed by atoms with Gasteiger partial charge >= 0.3 is 5.69 Å². The second-order valence-electron chi connectivity index (χ2n) is 5.30. The van der Waals surface area contributed by atoms with Crippen molar-refractivity contribution in [1.82, 2.24) is 9.62 Å². The van der Waals surface area contributed by atoms with Gasteiger partial charge in [-0.05, 0) is 25.1 Å². The fourth-order valence-corrected chi connectivity index (χ4v) is 3.49. The minimum Gasteiger partial charge on any atom is -0.490 e. The molecule has 0 aromatic heterocycles. The predicted molar refractivity (Wildman–Crippen MR) is 86.7 cm³/mol. The van der Waals surface area contributed by atoms with E-state index < -0.39 is 14.9 Å². The molecule has 1 aromatic rings. The van der Waals surface area contributed by atoms with Gasteiger partial charge in [0.1, 0.15) is 0 Å². The summed E-state index contributed by atoms with van der Waals surface area (Å²) < 4.78 is 37.1. The summed E-state index contributed by atoms with van der Waals surface area (Å²) in [4.78, 5) is 12.4. The third-order valence-electron chi connectivity index (χ3n) is 3.70. The van der Waals surface area contributed by atoms with Crippen LogP contribution >= 0.6 is 0 Å². The molecular formula is C14H21N3O6S. The second kappa shape index (κ2) is 8.38. The van der Waals surface area contributed by atoms with Gasteiger partial charge in [-0.3, -0.25) is 15.0 Å². The van der Waals surface area contributed by atoms with Crippen molar-refractivity contribution in [3.8, 4) is 5.75 Å². The van der Waals surface area contributed by atoms with E-state index in [1.165, 1.54) is 19.2 Å². The van der Waals surface area contributed by atoms with Gasteiger partial charge in [0, 0.05) is 25.7 Å². The molecule has 1 aliphatic rings. The molecule has 1 aromatic carbocycles. The molecule has 1 aliphatic heterocycles. The van der Waals surface area contributed by atoms with E-state index in [0.29, 0.717) is 19.6 Å². The summed E-state index contributed by atoms with van der Waals surface area (Å²) in [5.74, 6) is 0.0197. The molecule has 1 heterocycles. The van der Waals surface area contributed by atoms with Crippen LogP contribution in [0.3, 0.4) is 0 Å². The third-order valence-corrected chi connectivity index (χ3v) is 5.16. The van der Waals surface area contributed by atoms with Crippen LogP contribution in [0.2, 0.25) is 0 Å². The summed E-state index contributed by atoms with van der Waals surface area (Å²) >= 11 is 0. The monoisotopic (exact) mass is 359 g/mol. The zero-order valence-electron chi connectivity index (χ0n) is 13.4. The molecule has 0 saturated carbocycles. The highest BCUT2D eigenvalue weighted by molar-refractivity contribution is 7.89. The molecule has 0 atom stereocenters. The summed E-state index contributed by atoms with van der Waals surface area (Å²) in [6, 6.07) is 3.57. The number of nitrogens with one attached hydrogen (secondary N) is 1. The number of nitrogens with zero attached hydrogens (tertiary/aromatic N) is 2. The first-order valence-electron chi connectivity index (χ1n) is 7.56. The van der Waals surface area contributed by atoms with E-state index in [2.05, 4.69) is 9.62 Å². The van der Waals surface area contributed by atoms with Crippen LogP contribution in [0, 0.1) is 10.1 Å². The van der Waals surface area contributed by atoms with Crippen LogP contribution in [-0.4, -0.2) is 64.7 Å². The van der Waals surface area contributed by atoms with Crippen molar-refractivity contribution in [2.75, 3.05) is 46.5 Å². The maximum absolute atomic E-state index is 12.2. The van der Waals surface area contributed by atoms with Gasteiger partial charge in [-0.25, -0.2) is 13.1 Å². The second-order valence-corrected chi connectivity index (χ2v) is 7.06. The number of methoxy groups -OCH3 is 1. The molecule has 0 bridgehead atoms. The Bertz CT molecular complexity index is 673. The van der Waals surface area contributed by atoms with Crippen molar-refractivity contribution in [2.24, 2.45) is 0 Å². The normalized spacial score (nSPS) is 16.0. The van der Waals surface area contributed by atoms with Crippen molar-refractivity contribution in [1.29, 1.82) is 0 Å². The van der Waals surface area contributed by atoms with Crippen LogP contribution in [0.4, 0.5) is 5.69 Å². The molecule has 9 nitrogen and oxygen atoms in total. The quantitative estimate of drug-likeness (QED) is 0.411. The Morgan fingerprint density at radius 1 is 1.38 bits per heavy atom. The Balaban J connectivity index is 1.94. The Labute approximate surface area is 140 Å². The molecule has 10 heteroatoms. The molecule has 2 rings (SSSR count). The van der Waals surface area contributed by atoms with Gasteiger partial charge in [0.15, 0.2) is 5.75 Å². The van der Waals surface area contributed by atoms with E-state index in [1.807, 2.05) is 0 Å². The van der Waals surface area contributed by atoms with Crippen LogP contribution in [-0.2, 0) is 14.8 Å². The molecule has 0 unspecified atom stereocenters. The first kappa shape index (κ1) is 18.6. The lowest BCUT2D eigenvalue weighted by molar-refractivity contribution is -0.386. The number of morpholine rings is 1. The third kappa shape index (κ3) is 4.87. The fourth-order valence-electron chi connectivity index (χ4n) is 2.40. The van der Waals surface area contributed by atoms with Gasteiger partial charge in [-0.2, -0.15) is 0 Å². The van der Waals surface area contributed by atoms with E-state index in [9.17, 15) is 18.5 Å². The summed E-state index contributed by atoms with van der Waals surface area (Å²) in [5, 5.41) is 11.0. The van der Waals surface area contributed by atoms with Gasteiger partial charge in [0.25, 0.3) is 0 Å². The molecule has 0 aliphatic carbocycles. The number of hydrogen-bond acceptors (Lipinski definition) is 7. The topological polar surface area (TPSA) is 111 Å². The molecule has 24 heavy (non-hydrogen) atoms. The highest BCUT2D eigenvalue weighted by atomic mass is 32.2. The van der Waals surface area contributed by atoms with Gasteiger partial charge in [0.2, 0.25) is 10.0 Å². The minimum absolute atomic E-state index is 0.0197. The van der Waals surface area contributed by atoms with Crippen LogP contribution in [0.1, 0.15) is 6.42 Å². The van der Waals surface area contributed by atoms with Crippen LogP contribution in [0.15, 0.2) is 23.1 Å². The number of sulfonamides is 1. The van der Waals surface area contributed by atoms with Crippen LogP contribution in [0.25, 0.3) is 0 Å². The van der Waals surface area contributed by atoms with Gasteiger partial charge < -0.3 is 9.47 Å². The molecule has 1 fully saturated rings. The lowest BCUT2D eigenvalue weighted by Gasteiger charge is -2.26. The highest BCUT2D eigenvalue weighted by Crippen LogP contribution is 2.29. The molecule has 1 saturated heterocycles. The number of ether oxygens (including phenoxy) is 2. The summed E-state index contributed by atoms with van der Waals surface area (Å²) in [6.07, 6.45) is 0.650. The Kier molecular flexibility index (Phi) is 6.49. The van der Waals surface area contributed by atoms with E-state index in [4.69, 9.17) is 9.47 Å². The van der Waals surface area contributed by atoms with Gasteiger partial charge in [-0.1, -0.05) is 0 Å². The summed E-state index contributed by atoms with van der Waals surface area (Å²) in [7, 11) is -2.51. The van der Waals surface area contributed by atoms with Crippen molar-refractivity contribution in [3.05, 3.63) is 28.3 Å². The predicted octanol–water partition coefficient (Wildman–Crippen LogP) is 0.604. The number of nitro groups is 1. The highest BCUT2D eigenvalue weighted by Gasteiger charge is 2.21. The molecule has 1 N–H and O–H groups in total.